The molecular formula is C11H22OSi. The minimum atomic E-state index is -1.60. The molecule has 0 aromatic heterocycles. The van der Waals surface area contributed by atoms with Crippen LogP contribution in [0.25, 0.3) is 0 Å². The highest BCUT2D eigenvalue weighted by Gasteiger charge is 2.37. The molecule has 1 nitrogen and oxygen atoms in total. The van der Waals surface area contributed by atoms with Crippen LogP contribution in [0.4, 0.5) is 0 Å². The minimum Gasteiger partial charge on any atom is -0.410 e. The fraction of sp³-hybridized carbons (Fsp3) is 0.727. The quantitative estimate of drug-likeness (QED) is 0.496. The van der Waals surface area contributed by atoms with Crippen molar-refractivity contribution in [1.29, 1.82) is 0 Å². The molecule has 0 aliphatic heterocycles. The molecule has 0 bridgehead atoms. The molecule has 0 unspecified atom stereocenters. The summed E-state index contributed by atoms with van der Waals surface area (Å²) in [5, 5.41) is 0.274. The fourth-order valence-electron chi connectivity index (χ4n) is 0.841. The van der Waals surface area contributed by atoms with Crippen LogP contribution < -0.4 is 0 Å². The van der Waals surface area contributed by atoms with Gasteiger partial charge in [0.1, 0.15) is 0 Å². The summed E-state index contributed by atoms with van der Waals surface area (Å²) >= 11 is 0. The van der Waals surface area contributed by atoms with Gasteiger partial charge in [0.25, 0.3) is 0 Å². The van der Waals surface area contributed by atoms with E-state index >= 15 is 0 Å². The van der Waals surface area contributed by atoms with Crippen molar-refractivity contribution in [3.63, 3.8) is 0 Å². The molecule has 0 N–H and O–H groups in total. The van der Waals surface area contributed by atoms with Crippen molar-refractivity contribution in [3.05, 3.63) is 18.4 Å². The molecule has 0 saturated heterocycles. The summed E-state index contributed by atoms with van der Waals surface area (Å²) in [6.07, 6.45) is 2.01. The van der Waals surface area contributed by atoms with Crippen LogP contribution in [0.5, 0.6) is 0 Å². The highest BCUT2D eigenvalue weighted by atomic mass is 28.4. The lowest BCUT2D eigenvalue weighted by molar-refractivity contribution is 0.243. The Morgan fingerprint density at radius 3 is 2.15 bits per heavy atom. The van der Waals surface area contributed by atoms with E-state index in [0.717, 1.165) is 0 Å². The highest BCUT2D eigenvalue weighted by Crippen LogP contribution is 2.37. The first-order valence-electron chi connectivity index (χ1n) is 4.74. The van der Waals surface area contributed by atoms with Crippen LogP contribution in [0.2, 0.25) is 18.1 Å². The topological polar surface area (TPSA) is 9.23 Å². The van der Waals surface area contributed by atoms with Crippen molar-refractivity contribution in [3.8, 4) is 0 Å². The van der Waals surface area contributed by atoms with E-state index < -0.39 is 8.32 Å². The number of hydrogen-bond acceptors (Lipinski definition) is 1. The van der Waals surface area contributed by atoms with Gasteiger partial charge in [0.05, 0.1) is 6.10 Å². The lowest BCUT2D eigenvalue weighted by atomic mass is 10.2. The van der Waals surface area contributed by atoms with Crippen molar-refractivity contribution < 1.29 is 4.43 Å². The van der Waals surface area contributed by atoms with E-state index in [4.69, 9.17) is 4.43 Å². The molecule has 0 aliphatic rings. The molecule has 0 heterocycles. The average molecular weight is 198 g/mol. The third-order valence-corrected chi connectivity index (χ3v) is 7.21. The zero-order valence-electron chi connectivity index (χ0n) is 9.77. The second-order valence-electron chi connectivity index (χ2n) is 4.95. The summed E-state index contributed by atoms with van der Waals surface area (Å²) in [5.74, 6) is 0. The SMILES string of the molecule is C=C=C[C@@H](C)O[Si](C)(C)C(C)(C)C. The van der Waals surface area contributed by atoms with Gasteiger partial charge in [-0.3, -0.25) is 0 Å². The van der Waals surface area contributed by atoms with Gasteiger partial charge in [-0.25, -0.2) is 0 Å². The summed E-state index contributed by atoms with van der Waals surface area (Å²) in [7, 11) is -1.60. The lowest BCUT2D eigenvalue weighted by Crippen LogP contribution is -2.42. The van der Waals surface area contributed by atoms with Gasteiger partial charge >= 0.3 is 0 Å². The lowest BCUT2D eigenvalue weighted by Gasteiger charge is -2.37. The standard InChI is InChI=1S/C11H22OSi/c1-8-9-10(2)12-13(6,7)11(3,4)5/h9-10H,1H2,2-7H3/t10-/m1/s1. The van der Waals surface area contributed by atoms with E-state index in [1.807, 2.05) is 13.0 Å². The van der Waals surface area contributed by atoms with Crippen molar-refractivity contribution in [2.75, 3.05) is 0 Å². The van der Waals surface area contributed by atoms with Crippen LogP contribution in [0, 0.1) is 0 Å². The van der Waals surface area contributed by atoms with Crippen molar-refractivity contribution in [2.24, 2.45) is 0 Å². The molecule has 0 radical (unpaired) electrons. The van der Waals surface area contributed by atoms with Crippen LogP contribution in [-0.4, -0.2) is 14.4 Å². The van der Waals surface area contributed by atoms with Crippen LogP contribution in [-0.2, 0) is 4.43 Å². The third-order valence-electron chi connectivity index (χ3n) is 2.64. The Bertz CT molecular complexity index is 207. The second-order valence-corrected chi connectivity index (χ2v) is 9.71. The van der Waals surface area contributed by atoms with Gasteiger partial charge in [-0.1, -0.05) is 27.4 Å². The Labute approximate surface area is 83.6 Å². The summed E-state index contributed by atoms with van der Waals surface area (Å²) in [6.45, 7) is 16.8. The van der Waals surface area contributed by atoms with Gasteiger partial charge in [0, 0.05) is 0 Å². The molecule has 76 valence electrons. The second kappa shape index (κ2) is 4.27. The summed E-state index contributed by atoms with van der Waals surface area (Å²) in [5.41, 5.74) is 2.76. The van der Waals surface area contributed by atoms with Gasteiger partial charge in [-0.05, 0) is 31.1 Å². The Hall–Kier alpha value is -0.303. The largest absolute Gasteiger partial charge is 0.410 e. The molecule has 0 saturated carbocycles. The predicted octanol–water partition coefficient (Wildman–Crippen LogP) is 3.74. The molecule has 0 rings (SSSR count). The van der Waals surface area contributed by atoms with E-state index in [2.05, 4.69) is 46.2 Å². The maximum atomic E-state index is 6.02. The first-order valence-corrected chi connectivity index (χ1v) is 7.65. The van der Waals surface area contributed by atoms with Gasteiger partial charge in [-0.2, -0.15) is 0 Å². The zero-order chi connectivity index (χ0) is 10.7. The van der Waals surface area contributed by atoms with Crippen molar-refractivity contribution >= 4 is 8.32 Å². The summed E-state index contributed by atoms with van der Waals surface area (Å²) in [4.78, 5) is 0. The van der Waals surface area contributed by atoms with Gasteiger partial charge in [0.2, 0.25) is 0 Å². The number of rotatable bonds is 3. The third kappa shape index (κ3) is 3.95. The smallest absolute Gasteiger partial charge is 0.192 e. The highest BCUT2D eigenvalue weighted by molar-refractivity contribution is 6.74. The van der Waals surface area contributed by atoms with Crippen molar-refractivity contribution in [2.45, 2.75) is 51.9 Å². The Kier molecular flexibility index (Phi) is 4.17. The minimum absolute atomic E-state index is 0.137. The molecule has 0 fully saturated rings. The average Bonchev–Trinajstić information content (AvgIpc) is 1.83. The zero-order valence-corrected chi connectivity index (χ0v) is 10.8. The first kappa shape index (κ1) is 12.7. The molecule has 13 heavy (non-hydrogen) atoms. The molecule has 2 heteroatoms. The van der Waals surface area contributed by atoms with E-state index in [9.17, 15) is 0 Å². The maximum Gasteiger partial charge on any atom is 0.192 e. The normalized spacial score (nSPS) is 14.9. The summed E-state index contributed by atoms with van der Waals surface area (Å²) in [6, 6.07) is 0. The monoisotopic (exact) mass is 198 g/mol. The van der Waals surface area contributed by atoms with E-state index in [1.54, 1.807) is 0 Å². The fourth-order valence-corrected chi connectivity index (χ4v) is 2.19. The Balaban J connectivity index is 4.42. The van der Waals surface area contributed by atoms with Gasteiger partial charge < -0.3 is 4.43 Å². The Morgan fingerprint density at radius 2 is 1.85 bits per heavy atom. The molecule has 1 atom stereocenters. The first-order chi connectivity index (χ1) is 5.70. The Morgan fingerprint density at radius 1 is 1.38 bits per heavy atom. The van der Waals surface area contributed by atoms with Gasteiger partial charge in [0.15, 0.2) is 8.32 Å². The maximum absolute atomic E-state index is 6.02. The van der Waals surface area contributed by atoms with Crippen LogP contribution in [0.1, 0.15) is 27.7 Å². The van der Waals surface area contributed by atoms with Gasteiger partial charge in [-0.15, -0.1) is 5.73 Å². The molecule has 0 aromatic rings. The number of hydrogen-bond donors (Lipinski definition) is 0. The van der Waals surface area contributed by atoms with E-state index in [1.165, 1.54) is 0 Å². The van der Waals surface area contributed by atoms with Crippen LogP contribution in [0.15, 0.2) is 18.4 Å². The predicted molar refractivity (Wildman–Crippen MR) is 61.5 cm³/mol. The van der Waals surface area contributed by atoms with Crippen LogP contribution in [0.3, 0.4) is 0 Å². The molecule has 0 spiro atoms. The van der Waals surface area contributed by atoms with E-state index in [0.29, 0.717) is 0 Å². The molecule has 0 amide bonds. The molecule has 0 aliphatic carbocycles. The summed E-state index contributed by atoms with van der Waals surface area (Å²) < 4.78 is 6.02. The molecule has 0 aromatic carbocycles. The van der Waals surface area contributed by atoms with Crippen LogP contribution >= 0.6 is 0 Å². The molecular weight excluding hydrogens is 176 g/mol. The van der Waals surface area contributed by atoms with E-state index in [-0.39, 0.29) is 11.1 Å². The van der Waals surface area contributed by atoms with Crippen molar-refractivity contribution in [1.82, 2.24) is 0 Å².